The van der Waals surface area contributed by atoms with Gasteiger partial charge in [-0.1, -0.05) is 15.9 Å². The van der Waals surface area contributed by atoms with Gasteiger partial charge in [-0.2, -0.15) is 0 Å². The molecule has 2 aromatic rings. The molecule has 0 radical (unpaired) electrons. The lowest BCUT2D eigenvalue weighted by atomic mass is 10.0. The van der Waals surface area contributed by atoms with Gasteiger partial charge in [0.2, 0.25) is 0 Å². The Balaban J connectivity index is 2.55. The molecule has 2 aromatic carbocycles. The van der Waals surface area contributed by atoms with Crippen molar-refractivity contribution in [1.82, 2.24) is 0 Å². The molecule has 0 saturated carbocycles. The predicted molar refractivity (Wildman–Crippen MR) is 84.8 cm³/mol. The molecule has 110 valence electrons. The number of carbonyl (C=O) groups is 1. The van der Waals surface area contributed by atoms with Crippen molar-refractivity contribution in [1.29, 1.82) is 0 Å². The summed E-state index contributed by atoms with van der Waals surface area (Å²) in [6.07, 6.45) is 0. The number of methoxy groups -OCH3 is 2. The van der Waals surface area contributed by atoms with Crippen molar-refractivity contribution < 1.29 is 18.7 Å². The molecule has 0 heterocycles. The first-order chi connectivity index (χ1) is 9.97. The van der Waals surface area contributed by atoms with Crippen LogP contribution < -0.4 is 9.47 Å². The highest BCUT2D eigenvalue weighted by molar-refractivity contribution is 9.10. The average molecular weight is 418 g/mol. The highest BCUT2D eigenvalue weighted by Gasteiger charge is 2.20. The van der Waals surface area contributed by atoms with Gasteiger partial charge in [0.25, 0.3) is 0 Å². The van der Waals surface area contributed by atoms with Crippen LogP contribution in [0, 0.1) is 5.82 Å². The zero-order valence-electron chi connectivity index (χ0n) is 11.2. The Hall–Kier alpha value is -1.40. The standard InChI is InChI=1S/C15H11Br2FO3/c1-20-13-6-9(11(17)7-14(13)21-2)15(19)10-5-8(16)3-4-12(10)18/h3-7H,1-2H3. The van der Waals surface area contributed by atoms with Gasteiger partial charge in [0.05, 0.1) is 19.8 Å². The van der Waals surface area contributed by atoms with E-state index in [1.165, 1.54) is 38.5 Å². The van der Waals surface area contributed by atoms with Crippen LogP contribution in [0.1, 0.15) is 15.9 Å². The summed E-state index contributed by atoms with van der Waals surface area (Å²) >= 11 is 6.53. The number of ether oxygens (including phenoxy) is 2. The van der Waals surface area contributed by atoms with Crippen molar-refractivity contribution in [3.8, 4) is 11.5 Å². The third-order valence-corrected chi connectivity index (χ3v) is 4.04. The molecule has 0 saturated heterocycles. The molecule has 0 aliphatic rings. The molecule has 6 heteroatoms. The molecule has 3 nitrogen and oxygen atoms in total. The number of hydrogen-bond donors (Lipinski definition) is 0. The topological polar surface area (TPSA) is 35.5 Å². The molecule has 0 unspecified atom stereocenters. The van der Waals surface area contributed by atoms with Crippen LogP contribution in [-0.4, -0.2) is 20.0 Å². The number of ketones is 1. The van der Waals surface area contributed by atoms with E-state index < -0.39 is 11.6 Å². The summed E-state index contributed by atoms with van der Waals surface area (Å²) in [5.41, 5.74) is 0.280. The first kappa shape index (κ1) is 16.0. The molecule has 0 spiro atoms. The summed E-state index contributed by atoms with van der Waals surface area (Å²) in [5, 5.41) is 0. The van der Waals surface area contributed by atoms with Crippen molar-refractivity contribution >= 4 is 37.6 Å². The van der Waals surface area contributed by atoms with E-state index in [1.807, 2.05) is 0 Å². The summed E-state index contributed by atoms with van der Waals surface area (Å²) in [6, 6.07) is 7.36. The number of hydrogen-bond acceptors (Lipinski definition) is 3. The van der Waals surface area contributed by atoms with Gasteiger partial charge in [-0.25, -0.2) is 4.39 Å². The Bertz CT molecular complexity index is 702. The van der Waals surface area contributed by atoms with Crippen molar-refractivity contribution in [3.05, 3.63) is 56.2 Å². The molecule has 0 bridgehead atoms. The minimum absolute atomic E-state index is 0.0164. The lowest BCUT2D eigenvalue weighted by Gasteiger charge is -2.11. The lowest BCUT2D eigenvalue weighted by Crippen LogP contribution is -2.06. The molecule has 21 heavy (non-hydrogen) atoms. The minimum atomic E-state index is -0.579. The smallest absolute Gasteiger partial charge is 0.197 e. The van der Waals surface area contributed by atoms with Crippen molar-refractivity contribution in [2.45, 2.75) is 0 Å². The van der Waals surface area contributed by atoms with Crippen LogP contribution in [0.15, 0.2) is 39.3 Å². The largest absolute Gasteiger partial charge is 0.493 e. The summed E-state index contributed by atoms with van der Waals surface area (Å²) < 4.78 is 25.3. The number of carbonyl (C=O) groups excluding carboxylic acids is 1. The number of halogens is 3. The molecule has 0 N–H and O–H groups in total. The van der Waals surface area contributed by atoms with Crippen LogP contribution in [-0.2, 0) is 0 Å². The second kappa shape index (κ2) is 6.58. The minimum Gasteiger partial charge on any atom is -0.493 e. The number of benzene rings is 2. The highest BCUT2D eigenvalue weighted by Crippen LogP contribution is 2.34. The average Bonchev–Trinajstić information content (AvgIpc) is 2.48. The molecule has 0 fully saturated rings. The molecule has 0 aromatic heterocycles. The van der Waals surface area contributed by atoms with E-state index in [0.717, 1.165) is 0 Å². The summed E-state index contributed by atoms with van der Waals surface area (Å²) in [7, 11) is 2.97. The van der Waals surface area contributed by atoms with Gasteiger partial charge < -0.3 is 9.47 Å². The Morgan fingerprint density at radius 3 is 2.24 bits per heavy atom. The monoisotopic (exact) mass is 416 g/mol. The molecule has 0 aliphatic heterocycles. The Morgan fingerprint density at radius 2 is 1.62 bits per heavy atom. The van der Waals surface area contributed by atoms with Gasteiger partial charge in [-0.15, -0.1) is 0 Å². The van der Waals surface area contributed by atoms with E-state index in [4.69, 9.17) is 9.47 Å². The fraction of sp³-hybridized carbons (Fsp3) is 0.133. The quantitative estimate of drug-likeness (QED) is 0.682. The van der Waals surface area contributed by atoms with E-state index in [1.54, 1.807) is 6.07 Å². The van der Waals surface area contributed by atoms with Gasteiger partial charge in [-0.05, 0) is 46.3 Å². The Morgan fingerprint density at radius 1 is 1.00 bits per heavy atom. The summed E-state index contributed by atoms with van der Waals surface area (Å²) in [5.74, 6) is -0.137. The molecule has 2 rings (SSSR count). The van der Waals surface area contributed by atoms with Gasteiger partial charge >= 0.3 is 0 Å². The highest BCUT2D eigenvalue weighted by atomic mass is 79.9. The third-order valence-electron chi connectivity index (χ3n) is 2.89. The maximum atomic E-state index is 13.9. The zero-order chi connectivity index (χ0) is 15.6. The summed E-state index contributed by atoms with van der Waals surface area (Å²) in [6.45, 7) is 0. The second-order valence-corrected chi connectivity index (χ2v) is 5.91. The Labute approximate surface area is 138 Å². The van der Waals surface area contributed by atoms with Crippen LogP contribution in [0.2, 0.25) is 0 Å². The van der Waals surface area contributed by atoms with Crippen LogP contribution in [0.25, 0.3) is 0 Å². The van der Waals surface area contributed by atoms with Crippen molar-refractivity contribution in [3.63, 3.8) is 0 Å². The van der Waals surface area contributed by atoms with E-state index >= 15 is 0 Å². The zero-order valence-corrected chi connectivity index (χ0v) is 14.4. The van der Waals surface area contributed by atoms with Crippen LogP contribution >= 0.6 is 31.9 Å². The van der Waals surface area contributed by atoms with Crippen molar-refractivity contribution in [2.24, 2.45) is 0 Å². The second-order valence-electron chi connectivity index (χ2n) is 4.14. The van der Waals surface area contributed by atoms with Gasteiger partial charge in [0.15, 0.2) is 17.3 Å². The summed E-state index contributed by atoms with van der Waals surface area (Å²) in [4.78, 5) is 12.5. The van der Waals surface area contributed by atoms with E-state index in [-0.39, 0.29) is 5.56 Å². The molecular formula is C15H11Br2FO3. The van der Waals surface area contributed by atoms with Crippen LogP contribution in [0.5, 0.6) is 11.5 Å². The fourth-order valence-corrected chi connectivity index (χ4v) is 2.71. The number of rotatable bonds is 4. The normalized spacial score (nSPS) is 10.3. The maximum absolute atomic E-state index is 13.9. The Kier molecular flexibility index (Phi) is 5.00. The van der Waals surface area contributed by atoms with Crippen LogP contribution in [0.4, 0.5) is 4.39 Å². The van der Waals surface area contributed by atoms with Crippen molar-refractivity contribution in [2.75, 3.05) is 14.2 Å². The van der Waals surface area contributed by atoms with Gasteiger partial charge in [0.1, 0.15) is 5.82 Å². The third kappa shape index (κ3) is 3.27. The van der Waals surface area contributed by atoms with E-state index in [2.05, 4.69) is 31.9 Å². The predicted octanol–water partition coefficient (Wildman–Crippen LogP) is 4.60. The lowest BCUT2D eigenvalue weighted by molar-refractivity contribution is 0.103. The van der Waals surface area contributed by atoms with Gasteiger partial charge in [0, 0.05) is 14.5 Å². The first-order valence-electron chi connectivity index (χ1n) is 5.89. The van der Waals surface area contributed by atoms with Gasteiger partial charge in [-0.3, -0.25) is 4.79 Å². The first-order valence-corrected chi connectivity index (χ1v) is 7.47. The fourth-order valence-electron chi connectivity index (χ4n) is 1.84. The van der Waals surface area contributed by atoms with Crippen LogP contribution in [0.3, 0.4) is 0 Å². The van der Waals surface area contributed by atoms with E-state index in [9.17, 15) is 9.18 Å². The molecular weight excluding hydrogens is 407 g/mol. The molecule has 0 aliphatic carbocycles. The molecule has 0 amide bonds. The van der Waals surface area contributed by atoms with E-state index in [0.29, 0.717) is 26.0 Å². The SMILES string of the molecule is COc1cc(Br)c(C(=O)c2cc(Br)ccc2F)cc1OC. The maximum Gasteiger partial charge on any atom is 0.197 e. The molecule has 0 atom stereocenters.